The van der Waals surface area contributed by atoms with Crippen LogP contribution < -0.4 is 5.32 Å². The fourth-order valence-corrected chi connectivity index (χ4v) is 1.09. The van der Waals surface area contributed by atoms with E-state index in [4.69, 9.17) is 0 Å². The van der Waals surface area contributed by atoms with Crippen molar-refractivity contribution in [2.75, 3.05) is 12.4 Å². The number of alkyl halides is 3. The Balaban J connectivity index is 2.92. The Morgan fingerprint density at radius 1 is 1.33 bits per heavy atom. The summed E-state index contributed by atoms with van der Waals surface area (Å²) in [7, 11) is 1.08. The van der Waals surface area contributed by atoms with Gasteiger partial charge in [-0.3, -0.25) is 4.79 Å². The molecule has 0 aliphatic rings. The molecule has 0 bridgehead atoms. The lowest BCUT2D eigenvalue weighted by molar-refractivity contribution is -0.167. The van der Waals surface area contributed by atoms with Crippen LogP contribution in [-0.2, 0) is 9.53 Å². The summed E-state index contributed by atoms with van der Waals surface area (Å²) in [5.41, 5.74) is -0.509. The molecule has 0 spiro atoms. The molecule has 18 heavy (non-hydrogen) atoms. The molecule has 0 aliphatic carbocycles. The lowest BCUT2D eigenvalue weighted by atomic mass is 10.2. The normalized spacial score (nSPS) is 10.9. The summed E-state index contributed by atoms with van der Waals surface area (Å²) in [5, 5.41) is 10.9. The molecule has 0 aliphatic heterocycles. The van der Waals surface area contributed by atoms with Crippen LogP contribution >= 0.6 is 0 Å². The zero-order chi connectivity index (χ0) is 13.9. The number of hydrogen-bond acceptors (Lipinski definition) is 4. The van der Waals surface area contributed by atoms with Crippen molar-refractivity contribution in [3.05, 3.63) is 23.8 Å². The van der Waals surface area contributed by atoms with Crippen LogP contribution in [0.25, 0.3) is 0 Å². The van der Waals surface area contributed by atoms with E-state index in [0.717, 1.165) is 25.3 Å². The average molecular weight is 263 g/mol. The molecule has 0 atom stereocenters. The van der Waals surface area contributed by atoms with Gasteiger partial charge in [-0.15, -0.1) is 0 Å². The van der Waals surface area contributed by atoms with Gasteiger partial charge in [0.25, 0.3) is 0 Å². The van der Waals surface area contributed by atoms with Crippen LogP contribution in [0.1, 0.15) is 10.4 Å². The van der Waals surface area contributed by atoms with Crippen molar-refractivity contribution in [3.8, 4) is 5.75 Å². The van der Waals surface area contributed by atoms with Crippen molar-refractivity contribution in [1.82, 2.24) is 0 Å². The van der Waals surface area contributed by atoms with Crippen LogP contribution in [0.3, 0.4) is 0 Å². The summed E-state index contributed by atoms with van der Waals surface area (Å²) in [4.78, 5) is 21.7. The van der Waals surface area contributed by atoms with E-state index < -0.39 is 23.8 Å². The quantitative estimate of drug-likeness (QED) is 0.796. The zero-order valence-corrected chi connectivity index (χ0v) is 9.04. The molecule has 98 valence electrons. The van der Waals surface area contributed by atoms with E-state index in [1.165, 1.54) is 5.32 Å². The zero-order valence-electron chi connectivity index (χ0n) is 9.04. The minimum Gasteiger partial charge on any atom is -0.507 e. The molecule has 0 unspecified atom stereocenters. The van der Waals surface area contributed by atoms with Gasteiger partial charge in [-0.1, -0.05) is 0 Å². The number of esters is 1. The highest BCUT2D eigenvalue weighted by Crippen LogP contribution is 2.24. The Bertz CT molecular complexity index is 485. The molecule has 0 saturated heterocycles. The minimum absolute atomic E-state index is 0.220. The molecule has 2 N–H and O–H groups in total. The van der Waals surface area contributed by atoms with E-state index >= 15 is 0 Å². The van der Waals surface area contributed by atoms with Crippen molar-refractivity contribution in [3.63, 3.8) is 0 Å². The second-order valence-corrected chi connectivity index (χ2v) is 3.18. The maximum absolute atomic E-state index is 11.9. The van der Waals surface area contributed by atoms with Gasteiger partial charge in [0.2, 0.25) is 0 Å². The molecule has 8 heteroatoms. The number of carbonyl (C=O) groups is 2. The van der Waals surface area contributed by atoms with E-state index in [-0.39, 0.29) is 11.3 Å². The summed E-state index contributed by atoms with van der Waals surface area (Å²) in [5.74, 6) is -3.62. The molecule has 1 rings (SSSR count). The molecular formula is C10H8F3NO4. The first-order chi connectivity index (χ1) is 8.25. The van der Waals surface area contributed by atoms with Crippen molar-refractivity contribution in [1.29, 1.82) is 0 Å². The van der Waals surface area contributed by atoms with E-state index in [0.29, 0.717) is 0 Å². The van der Waals surface area contributed by atoms with Gasteiger partial charge < -0.3 is 15.2 Å². The number of aromatic hydroxyl groups is 1. The molecule has 0 radical (unpaired) electrons. The van der Waals surface area contributed by atoms with Gasteiger partial charge in [0.15, 0.2) is 0 Å². The van der Waals surface area contributed by atoms with E-state index in [2.05, 4.69) is 4.74 Å². The van der Waals surface area contributed by atoms with Gasteiger partial charge in [0.1, 0.15) is 11.3 Å². The predicted octanol–water partition coefficient (Wildman–Crippen LogP) is 1.68. The van der Waals surface area contributed by atoms with Crippen LogP contribution in [0.4, 0.5) is 18.9 Å². The average Bonchev–Trinajstić information content (AvgIpc) is 2.27. The Kier molecular flexibility index (Phi) is 3.79. The number of carbonyl (C=O) groups excluding carboxylic acids is 2. The topological polar surface area (TPSA) is 75.6 Å². The summed E-state index contributed by atoms with van der Waals surface area (Å²) in [6, 6.07) is 2.89. The fourth-order valence-electron chi connectivity index (χ4n) is 1.09. The summed E-state index contributed by atoms with van der Waals surface area (Å²) < 4.78 is 40.2. The number of phenolic OH excluding ortho intramolecular Hbond substituents is 1. The molecule has 5 nitrogen and oxygen atoms in total. The van der Waals surface area contributed by atoms with Crippen LogP contribution in [0.15, 0.2) is 18.2 Å². The maximum atomic E-state index is 11.9. The van der Waals surface area contributed by atoms with Gasteiger partial charge in [-0.2, -0.15) is 13.2 Å². The van der Waals surface area contributed by atoms with Crippen LogP contribution in [-0.4, -0.2) is 30.3 Å². The van der Waals surface area contributed by atoms with Crippen molar-refractivity contribution < 1.29 is 32.6 Å². The largest absolute Gasteiger partial charge is 0.507 e. The highest BCUT2D eigenvalue weighted by Gasteiger charge is 2.38. The molecule has 1 aromatic rings. The first-order valence-corrected chi connectivity index (χ1v) is 4.55. The van der Waals surface area contributed by atoms with Crippen LogP contribution in [0.5, 0.6) is 5.75 Å². The smallest absolute Gasteiger partial charge is 0.471 e. The maximum Gasteiger partial charge on any atom is 0.471 e. The summed E-state index contributed by atoms with van der Waals surface area (Å²) in [6.07, 6.45) is -5.03. The Hall–Kier alpha value is -2.25. The Morgan fingerprint density at radius 2 is 1.94 bits per heavy atom. The number of methoxy groups -OCH3 is 1. The number of benzene rings is 1. The lowest BCUT2D eigenvalue weighted by Crippen LogP contribution is -2.29. The van der Waals surface area contributed by atoms with Gasteiger partial charge in [0, 0.05) is 11.8 Å². The van der Waals surface area contributed by atoms with Gasteiger partial charge in [-0.05, 0) is 12.1 Å². The molecule has 0 aromatic heterocycles. The number of rotatable bonds is 2. The van der Waals surface area contributed by atoms with Crippen molar-refractivity contribution >= 4 is 17.6 Å². The van der Waals surface area contributed by atoms with Crippen LogP contribution in [0, 0.1) is 0 Å². The Labute approximate surface area is 99.2 Å². The highest BCUT2D eigenvalue weighted by molar-refractivity contribution is 5.97. The van der Waals surface area contributed by atoms with Crippen LogP contribution in [0.2, 0.25) is 0 Å². The third kappa shape index (κ3) is 3.12. The number of nitrogens with one attached hydrogen (secondary N) is 1. The molecular weight excluding hydrogens is 255 g/mol. The minimum atomic E-state index is -5.03. The first-order valence-electron chi connectivity index (χ1n) is 4.55. The summed E-state index contributed by atoms with van der Waals surface area (Å²) in [6.45, 7) is 0. The second-order valence-electron chi connectivity index (χ2n) is 3.18. The number of ether oxygens (including phenoxy) is 1. The standard InChI is InChI=1S/C10H8F3NO4/c1-18-8(16)6-3-2-5(4-7(6)15)14-9(17)10(11,12)13/h2-4,15H,1H3,(H,14,17). The second kappa shape index (κ2) is 4.94. The number of halogens is 3. The molecule has 1 amide bonds. The lowest BCUT2D eigenvalue weighted by Gasteiger charge is -2.09. The third-order valence-electron chi connectivity index (χ3n) is 1.92. The number of amides is 1. The van der Waals surface area contributed by atoms with Gasteiger partial charge in [0.05, 0.1) is 7.11 Å². The number of hydrogen-bond donors (Lipinski definition) is 2. The number of phenols is 1. The summed E-state index contributed by atoms with van der Waals surface area (Å²) >= 11 is 0. The molecule has 0 fully saturated rings. The molecule has 0 heterocycles. The fraction of sp³-hybridized carbons (Fsp3) is 0.200. The van der Waals surface area contributed by atoms with Crippen molar-refractivity contribution in [2.45, 2.75) is 6.18 Å². The SMILES string of the molecule is COC(=O)c1ccc(NC(=O)C(F)(F)F)cc1O. The van der Waals surface area contributed by atoms with Gasteiger partial charge >= 0.3 is 18.1 Å². The monoisotopic (exact) mass is 263 g/mol. The Morgan fingerprint density at radius 3 is 2.39 bits per heavy atom. The van der Waals surface area contributed by atoms with Crippen molar-refractivity contribution in [2.24, 2.45) is 0 Å². The van der Waals surface area contributed by atoms with E-state index in [1.807, 2.05) is 0 Å². The third-order valence-corrected chi connectivity index (χ3v) is 1.92. The number of anilines is 1. The first kappa shape index (κ1) is 13.8. The molecule has 0 saturated carbocycles. The van der Waals surface area contributed by atoms with E-state index in [1.54, 1.807) is 0 Å². The predicted molar refractivity (Wildman–Crippen MR) is 54.1 cm³/mol. The molecule has 1 aromatic carbocycles. The highest BCUT2D eigenvalue weighted by atomic mass is 19.4. The van der Waals surface area contributed by atoms with E-state index in [9.17, 15) is 27.9 Å². The van der Waals surface area contributed by atoms with Gasteiger partial charge in [-0.25, -0.2) is 4.79 Å².